The minimum atomic E-state index is -0.837. The van der Waals surface area contributed by atoms with Crippen LogP contribution in [-0.2, 0) is 9.53 Å². The molecule has 0 radical (unpaired) electrons. The number of carbonyl (C=O) groups excluding carboxylic acids is 1. The first kappa shape index (κ1) is 19.4. The normalized spacial score (nSPS) is 16.7. The SMILES string of the molecule is CCC(C)(O)CC(C)(C)C(=O)OC(C)(C)CC(C)(C)C. The molecule has 0 spiro atoms. The molecule has 0 bridgehead atoms. The zero-order valence-electron chi connectivity index (χ0n) is 14.9. The number of carbonyl (C=O) groups is 1. The molecule has 1 atom stereocenters. The van der Waals surface area contributed by atoms with Crippen LogP contribution in [0.25, 0.3) is 0 Å². The van der Waals surface area contributed by atoms with Gasteiger partial charge in [-0.15, -0.1) is 0 Å². The van der Waals surface area contributed by atoms with Crippen molar-refractivity contribution in [1.82, 2.24) is 0 Å². The summed E-state index contributed by atoms with van der Waals surface area (Å²) in [6.45, 7) is 17.7. The van der Waals surface area contributed by atoms with E-state index in [1.54, 1.807) is 6.92 Å². The molecular weight excluding hydrogens is 252 g/mol. The fourth-order valence-corrected chi connectivity index (χ4v) is 2.85. The van der Waals surface area contributed by atoms with Gasteiger partial charge < -0.3 is 9.84 Å². The Morgan fingerprint density at radius 2 is 1.40 bits per heavy atom. The van der Waals surface area contributed by atoms with Crippen LogP contribution in [0.3, 0.4) is 0 Å². The standard InChI is InChI=1S/C17H34O3/c1-10-17(9,19)12-15(5,6)13(18)20-16(7,8)11-14(2,3)4/h19H,10-12H2,1-9H3. The van der Waals surface area contributed by atoms with Gasteiger partial charge in [0.05, 0.1) is 11.0 Å². The Morgan fingerprint density at radius 3 is 1.75 bits per heavy atom. The Bertz CT molecular complexity index is 333. The Kier molecular flexibility index (Phi) is 5.87. The predicted molar refractivity (Wildman–Crippen MR) is 83.6 cm³/mol. The van der Waals surface area contributed by atoms with Crippen molar-refractivity contribution in [3.63, 3.8) is 0 Å². The van der Waals surface area contributed by atoms with Crippen molar-refractivity contribution in [3.05, 3.63) is 0 Å². The van der Waals surface area contributed by atoms with Crippen molar-refractivity contribution >= 4 is 5.97 Å². The lowest BCUT2D eigenvalue weighted by Gasteiger charge is -2.37. The molecule has 0 aromatic carbocycles. The van der Waals surface area contributed by atoms with Crippen molar-refractivity contribution in [3.8, 4) is 0 Å². The number of esters is 1. The minimum Gasteiger partial charge on any atom is -0.459 e. The number of aliphatic hydroxyl groups is 1. The molecule has 1 N–H and O–H groups in total. The average Bonchev–Trinajstić information content (AvgIpc) is 2.10. The van der Waals surface area contributed by atoms with Gasteiger partial charge in [0.15, 0.2) is 0 Å². The molecule has 0 saturated carbocycles. The summed E-state index contributed by atoms with van der Waals surface area (Å²) in [5.74, 6) is -0.236. The van der Waals surface area contributed by atoms with E-state index in [0.29, 0.717) is 12.8 Å². The summed E-state index contributed by atoms with van der Waals surface area (Å²) in [6.07, 6.45) is 1.82. The maximum atomic E-state index is 12.4. The Hall–Kier alpha value is -0.570. The molecule has 0 amide bonds. The van der Waals surface area contributed by atoms with Crippen molar-refractivity contribution in [2.45, 2.75) is 92.8 Å². The van der Waals surface area contributed by atoms with Crippen LogP contribution in [0.15, 0.2) is 0 Å². The molecule has 3 nitrogen and oxygen atoms in total. The van der Waals surface area contributed by atoms with E-state index < -0.39 is 16.6 Å². The Labute approximate surface area is 125 Å². The van der Waals surface area contributed by atoms with E-state index in [4.69, 9.17) is 4.74 Å². The summed E-state index contributed by atoms with van der Waals surface area (Å²) in [5.41, 5.74) is -1.92. The molecule has 1 unspecified atom stereocenters. The van der Waals surface area contributed by atoms with Crippen LogP contribution >= 0.6 is 0 Å². The van der Waals surface area contributed by atoms with Crippen LogP contribution in [0.4, 0.5) is 0 Å². The van der Waals surface area contributed by atoms with E-state index in [1.165, 1.54) is 0 Å². The molecule has 120 valence electrons. The first-order valence-corrected chi connectivity index (χ1v) is 7.56. The summed E-state index contributed by atoms with van der Waals surface area (Å²) in [6, 6.07) is 0. The molecule has 20 heavy (non-hydrogen) atoms. The van der Waals surface area contributed by atoms with Crippen molar-refractivity contribution in [1.29, 1.82) is 0 Å². The summed E-state index contributed by atoms with van der Waals surface area (Å²) in [4.78, 5) is 12.4. The number of rotatable bonds is 6. The van der Waals surface area contributed by atoms with Crippen molar-refractivity contribution < 1.29 is 14.6 Å². The topological polar surface area (TPSA) is 46.5 Å². The predicted octanol–water partition coefficient (Wildman–Crippen LogP) is 4.32. The van der Waals surface area contributed by atoms with Gasteiger partial charge in [-0.25, -0.2) is 0 Å². The maximum Gasteiger partial charge on any atom is 0.312 e. The van der Waals surface area contributed by atoms with Crippen LogP contribution in [0.1, 0.15) is 81.6 Å². The molecule has 3 heteroatoms. The number of hydrogen-bond acceptors (Lipinski definition) is 3. The fourth-order valence-electron chi connectivity index (χ4n) is 2.85. The molecule has 0 aliphatic rings. The fraction of sp³-hybridized carbons (Fsp3) is 0.941. The molecule has 0 aromatic heterocycles. The third kappa shape index (κ3) is 7.28. The highest BCUT2D eigenvalue weighted by Crippen LogP contribution is 2.35. The highest BCUT2D eigenvalue weighted by atomic mass is 16.6. The molecule has 0 fully saturated rings. The van der Waals surface area contributed by atoms with Gasteiger partial charge in [-0.1, -0.05) is 27.7 Å². The van der Waals surface area contributed by atoms with Crippen LogP contribution in [0.2, 0.25) is 0 Å². The second-order valence-electron chi connectivity index (χ2n) is 8.80. The maximum absolute atomic E-state index is 12.4. The zero-order chi connectivity index (χ0) is 16.4. The van der Waals surface area contributed by atoms with Gasteiger partial charge in [-0.05, 0) is 59.3 Å². The van der Waals surface area contributed by atoms with E-state index in [9.17, 15) is 9.90 Å². The zero-order valence-corrected chi connectivity index (χ0v) is 14.9. The lowest BCUT2D eigenvalue weighted by molar-refractivity contribution is -0.173. The number of ether oxygens (including phenoxy) is 1. The van der Waals surface area contributed by atoms with Gasteiger partial charge in [-0.3, -0.25) is 4.79 Å². The van der Waals surface area contributed by atoms with Crippen molar-refractivity contribution in [2.75, 3.05) is 0 Å². The molecule has 0 rings (SSSR count). The molecule has 0 aliphatic carbocycles. The highest BCUT2D eigenvalue weighted by molar-refractivity contribution is 5.76. The second-order valence-corrected chi connectivity index (χ2v) is 8.80. The molecule has 0 aromatic rings. The van der Waals surface area contributed by atoms with Crippen LogP contribution in [0, 0.1) is 10.8 Å². The third-order valence-corrected chi connectivity index (χ3v) is 3.46. The van der Waals surface area contributed by atoms with Gasteiger partial charge in [0.2, 0.25) is 0 Å². The van der Waals surface area contributed by atoms with Gasteiger partial charge in [0.25, 0.3) is 0 Å². The molecular formula is C17H34O3. The van der Waals surface area contributed by atoms with Crippen LogP contribution < -0.4 is 0 Å². The van der Waals surface area contributed by atoms with Gasteiger partial charge in [-0.2, -0.15) is 0 Å². The summed E-state index contributed by atoms with van der Waals surface area (Å²) < 4.78 is 5.72. The lowest BCUT2D eigenvalue weighted by Crippen LogP contribution is -2.41. The van der Waals surface area contributed by atoms with Gasteiger partial charge in [0, 0.05) is 0 Å². The van der Waals surface area contributed by atoms with E-state index in [-0.39, 0.29) is 11.4 Å². The monoisotopic (exact) mass is 286 g/mol. The van der Waals surface area contributed by atoms with Crippen LogP contribution in [0.5, 0.6) is 0 Å². The summed E-state index contributed by atoms with van der Waals surface area (Å²) >= 11 is 0. The van der Waals surface area contributed by atoms with Gasteiger partial charge >= 0.3 is 5.97 Å². The van der Waals surface area contributed by atoms with E-state index in [0.717, 1.165) is 6.42 Å². The minimum absolute atomic E-state index is 0.100. The van der Waals surface area contributed by atoms with Crippen molar-refractivity contribution in [2.24, 2.45) is 10.8 Å². The molecule has 0 saturated heterocycles. The summed E-state index contributed by atoms with van der Waals surface area (Å²) in [5, 5.41) is 10.2. The largest absolute Gasteiger partial charge is 0.459 e. The van der Waals surface area contributed by atoms with E-state index in [1.807, 2.05) is 34.6 Å². The lowest BCUT2D eigenvalue weighted by atomic mass is 9.79. The number of hydrogen-bond donors (Lipinski definition) is 1. The van der Waals surface area contributed by atoms with Crippen LogP contribution in [-0.4, -0.2) is 22.3 Å². The smallest absolute Gasteiger partial charge is 0.312 e. The van der Waals surface area contributed by atoms with Gasteiger partial charge in [0.1, 0.15) is 5.60 Å². The summed E-state index contributed by atoms with van der Waals surface area (Å²) in [7, 11) is 0. The quantitative estimate of drug-likeness (QED) is 0.740. The average molecular weight is 286 g/mol. The van der Waals surface area contributed by atoms with E-state index in [2.05, 4.69) is 20.8 Å². The third-order valence-electron chi connectivity index (χ3n) is 3.46. The Morgan fingerprint density at radius 1 is 0.950 bits per heavy atom. The molecule has 0 heterocycles. The molecule has 0 aliphatic heterocycles. The van der Waals surface area contributed by atoms with E-state index >= 15 is 0 Å². The first-order chi connectivity index (χ1) is 8.60. The first-order valence-electron chi connectivity index (χ1n) is 7.56. The Balaban J connectivity index is 4.82. The second kappa shape index (κ2) is 6.05. The highest BCUT2D eigenvalue weighted by Gasteiger charge is 2.39.